The maximum absolute atomic E-state index is 12.5. The smallest absolute Gasteiger partial charge is 0.228 e. The van der Waals surface area contributed by atoms with Gasteiger partial charge in [-0.3, -0.25) is 14.8 Å². The van der Waals surface area contributed by atoms with Crippen LogP contribution >= 0.6 is 0 Å². The van der Waals surface area contributed by atoms with E-state index >= 15 is 0 Å². The van der Waals surface area contributed by atoms with Crippen LogP contribution in [0.25, 0.3) is 0 Å². The van der Waals surface area contributed by atoms with Crippen molar-refractivity contribution in [2.75, 3.05) is 25.5 Å². The molecule has 0 unspecified atom stereocenters. The summed E-state index contributed by atoms with van der Waals surface area (Å²) < 4.78 is 0. The lowest BCUT2D eigenvalue weighted by atomic mass is 9.94. The highest BCUT2D eigenvalue weighted by molar-refractivity contribution is 6.15. The maximum Gasteiger partial charge on any atom is 0.228 e. The van der Waals surface area contributed by atoms with Crippen molar-refractivity contribution < 1.29 is 4.79 Å². The molecule has 0 atom stereocenters. The summed E-state index contributed by atoms with van der Waals surface area (Å²) in [6.07, 6.45) is 7.08. The highest BCUT2D eigenvalue weighted by atomic mass is 16.1. The molecule has 0 bridgehead atoms. The second-order valence-electron chi connectivity index (χ2n) is 6.32. The normalized spacial score (nSPS) is 19.9. The van der Waals surface area contributed by atoms with E-state index in [0.29, 0.717) is 11.5 Å². The van der Waals surface area contributed by atoms with Crippen molar-refractivity contribution in [2.45, 2.75) is 19.8 Å². The van der Waals surface area contributed by atoms with Crippen LogP contribution in [0.1, 0.15) is 18.4 Å². The van der Waals surface area contributed by atoms with Crippen LogP contribution in [-0.4, -0.2) is 47.9 Å². The number of aromatic nitrogens is 1. The zero-order valence-electron chi connectivity index (χ0n) is 14.7. The van der Waals surface area contributed by atoms with Crippen LogP contribution in [0.3, 0.4) is 0 Å². The number of pyridine rings is 1. The molecular formula is C19H23N5O. The van der Waals surface area contributed by atoms with Gasteiger partial charge >= 0.3 is 0 Å². The maximum atomic E-state index is 12.5. The van der Waals surface area contributed by atoms with Crippen molar-refractivity contribution in [3.63, 3.8) is 0 Å². The first-order chi connectivity index (χ1) is 12.1. The fourth-order valence-electron chi connectivity index (χ4n) is 3.14. The van der Waals surface area contributed by atoms with Gasteiger partial charge in [0.15, 0.2) is 0 Å². The zero-order chi connectivity index (χ0) is 17.8. The molecule has 3 heterocycles. The standard InChI is InChI=1S/C19H23N5O/c1-13-4-5-17(22-12-13)23-19(25)15-7-10-24(11-8-15)16-6-9-21-14(2)18(16)20-3/h4-6,9,12,15H,2,7-8,10-11H2,1,3H3,(H,22,23,25). The van der Waals surface area contributed by atoms with Gasteiger partial charge in [0.1, 0.15) is 11.5 Å². The molecule has 6 heteroatoms. The van der Waals surface area contributed by atoms with Crippen molar-refractivity contribution in [2.24, 2.45) is 15.9 Å². The Bertz CT molecular complexity index is 753. The Morgan fingerprint density at radius 2 is 2.12 bits per heavy atom. The number of allylic oxidation sites excluding steroid dienone is 1. The molecule has 0 aromatic carbocycles. The summed E-state index contributed by atoms with van der Waals surface area (Å²) in [5.41, 5.74) is 3.63. The Morgan fingerprint density at radius 3 is 2.76 bits per heavy atom. The van der Waals surface area contributed by atoms with E-state index in [1.54, 1.807) is 19.5 Å². The van der Waals surface area contributed by atoms with Gasteiger partial charge in [0, 0.05) is 38.5 Å². The van der Waals surface area contributed by atoms with Gasteiger partial charge in [0.2, 0.25) is 5.91 Å². The lowest BCUT2D eigenvalue weighted by Gasteiger charge is -2.35. The Hall–Kier alpha value is -2.76. The summed E-state index contributed by atoms with van der Waals surface area (Å²) in [5.74, 6) is 0.660. The van der Waals surface area contributed by atoms with Crippen LogP contribution < -0.4 is 5.32 Å². The molecule has 1 aromatic heterocycles. The number of piperidine rings is 1. The molecule has 25 heavy (non-hydrogen) atoms. The Morgan fingerprint density at radius 1 is 1.36 bits per heavy atom. The molecule has 6 nitrogen and oxygen atoms in total. The minimum Gasteiger partial charge on any atom is -0.370 e. The predicted octanol–water partition coefficient (Wildman–Crippen LogP) is 2.59. The van der Waals surface area contributed by atoms with Gasteiger partial charge < -0.3 is 10.2 Å². The second-order valence-corrected chi connectivity index (χ2v) is 6.32. The van der Waals surface area contributed by atoms with E-state index in [9.17, 15) is 4.79 Å². The number of hydrogen-bond acceptors (Lipinski definition) is 5. The number of amides is 1. The molecule has 2 aliphatic heterocycles. The van der Waals surface area contributed by atoms with E-state index < -0.39 is 0 Å². The lowest BCUT2D eigenvalue weighted by Crippen LogP contribution is -2.40. The number of aryl methyl sites for hydroxylation is 1. The number of nitrogens with one attached hydrogen (secondary N) is 1. The topological polar surface area (TPSA) is 70.0 Å². The molecule has 1 amide bonds. The van der Waals surface area contributed by atoms with E-state index in [1.165, 1.54) is 0 Å². The number of likely N-dealkylation sites (tertiary alicyclic amines) is 1. The van der Waals surface area contributed by atoms with E-state index in [1.807, 2.05) is 25.1 Å². The van der Waals surface area contributed by atoms with Gasteiger partial charge in [-0.2, -0.15) is 0 Å². The van der Waals surface area contributed by atoms with Crippen molar-refractivity contribution in [1.29, 1.82) is 0 Å². The molecule has 1 fully saturated rings. The van der Waals surface area contributed by atoms with E-state index in [2.05, 4.69) is 31.8 Å². The summed E-state index contributed by atoms with van der Waals surface area (Å²) in [6.45, 7) is 7.54. The Labute approximate surface area is 148 Å². The zero-order valence-corrected chi connectivity index (χ0v) is 14.7. The summed E-state index contributed by atoms with van der Waals surface area (Å²) in [6, 6.07) is 3.78. The largest absolute Gasteiger partial charge is 0.370 e. The molecule has 1 saturated heterocycles. The van der Waals surface area contributed by atoms with Gasteiger partial charge in [-0.25, -0.2) is 4.98 Å². The summed E-state index contributed by atoms with van der Waals surface area (Å²) in [7, 11) is 1.75. The molecule has 1 aromatic rings. The third kappa shape index (κ3) is 3.84. The minimum atomic E-state index is 0.00225. The molecule has 0 saturated carbocycles. The molecule has 0 spiro atoms. The van der Waals surface area contributed by atoms with Crippen molar-refractivity contribution in [3.05, 3.63) is 47.9 Å². The molecule has 1 N–H and O–H groups in total. The van der Waals surface area contributed by atoms with Crippen molar-refractivity contribution >= 4 is 23.7 Å². The van der Waals surface area contributed by atoms with E-state index in [0.717, 1.165) is 42.9 Å². The monoisotopic (exact) mass is 337 g/mol. The third-order valence-electron chi connectivity index (χ3n) is 4.57. The number of rotatable bonds is 3. The van der Waals surface area contributed by atoms with Crippen LogP contribution in [-0.2, 0) is 4.79 Å². The van der Waals surface area contributed by atoms with Crippen LogP contribution in [0.4, 0.5) is 5.82 Å². The average molecular weight is 337 g/mol. The highest BCUT2D eigenvalue weighted by Crippen LogP contribution is 2.25. The molecule has 0 radical (unpaired) electrons. The first-order valence-corrected chi connectivity index (χ1v) is 8.47. The molecule has 3 rings (SSSR count). The van der Waals surface area contributed by atoms with Gasteiger partial charge in [-0.05, 0) is 37.5 Å². The van der Waals surface area contributed by atoms with Crippen LogP contribution in [0, 0.1) is 12.8 Å². The SMILES string of the molecule is C=C1N=CC=C(N2CCC(C(=O)Nc3ccc(C)cn3)CC2)C1=NC. The number of aliphatic imine (C=N–C) groups is 2. The number of hydrogen-bond donors (Lipinski definition) is 1. The Balaban J connectivity index is 1.59. The van der Waals surface area contributed by atoms with Crippen LogP contribution in [0.2, 0.25) is 0 Å². The fraction of sp³-hybridized carbons (Fsp3) is 0.368. The summed E-state index contributed by atoms with van der Waals surface area (Å²) >= 11 is 0. The number of nitrogens with zero attached hydrogens (tertiary/aromatic N) is 4. The first-order valence-electron chi connectivity index (χ1n) is 8.47. The molecule has 130 valence electrons. The van der Waals surface area contributed by atoms with Gasteiger partial charge in [-0.15, -0.1) is 0 Å². The molecular weight excluding hydrogens is 314 g/mol. The van der Waals surface area contributed by atoms with E-state index in [4.69, 9.17) is 0 Å². The molecule has 2 aliphatic rings. The van der Waals surface area contributed by atoms with E-state index in [-0.39, 0.29) is 11.8 Å². The van der Waals surface area contributed by atoms with Crippen LogP contribution in [0.15, 0.2) is 52.4 Å². The van der Waals surface area contributed by atoms with Gasteiger partial charge in [0.05, 0.1) is 11.4 Å². The molecule has 0 aliphatic carbocycles. The number of carbonyl (C=O) groups excluding carboxylic acids is 1. The fourth-order valence-corrected chi connectivity index (χ4v) is 3.14. The summed E-state index contributed by atoms with van der Waals surface area (Å²) in [4.78, 5) is 27.5. The third-order valence-corrected chi connectivity index (χ3v) is 4.57. The quantitative estimate of drug-likeness (QED) is 0.921. The predicted molar refractivity (Wildman–Crippen MR) is 101 cm³/mol. The van der Waals surface area contributed by atoms with Gasteiger partial charge in [0.25, 0.3) is 0 Å². The first kappa shape index (κ1) is 17.1. The van der Waals surface area contributed by atoms with Crippen molar-refractivity contribution in [3.8, 4) is 0 Å². The second kappa shape index (κ2) is 7.42. The highest BCUT2D eigenvalue weighted by Gasteiger charge is 2.28. The number of anilines is 1. The Kier molecular flexibility index (Phi) is 5.07. The number of carbonyl (C=O) groups is 1. The van der Waals surface area contributed by atoms with Gasteiger partial charge in [-0.1, -0.05) is 12.6 Å². The minimum absolute atomic E-state index is 0.00225. The average Bonchev–Trinajstić information content (AvgIpc) is 2.63. The van der Waals surface area contributed by atoms with Crippen molar-refractivity contribution in [1.82, 2.24) is 9.88 Å². The summed E-state index contributed by atoms with van der Waals surface area (Å²) in [5, 5.41) is 2.92. The number of dihydropyridines is 1. The van der Waals surface area contributed by atoms with Crippen LogP contribution in [0.5, 0.6) is 0 Å². The lowest BCUT2D eigenvalue weighted by molar-refractivity contribution is -0.121.